The van der Waals surface area contributed by atoms with Crippen molar-refractivity contribution in [2.75, 3.05) is 19.6 Å². The van der Waals surface area contributed by atoms with Crippen molar-refractivity contribution in [3.8, 4) is 0 Å². The van der Waals surface area contributed by atoms with E-state index in [0.29, 0.717) is 6.04 Å². The summed E-state index contributed by atoms with van der Waals surface area (Å²) in [5.41, 5.74) is 1.25. The third-order valence-electron chi connectivity index (χ3n) is 4.77. The molecule has 0 amide bonds. The number of carboxylic acids is 1. The van der Waals surface area contributed by atoms with Gasteiger partial charge in [0.15, 0.2) is 0 Å². The lowest BCUT2D eigenvalue weighted by Gasteiger charge is -2.38. The van der Waals surface area contributed by atoms with E-state index >= 15 is 0 Å². The number of aliphatic carboxylic acids is 1. The first-order valence-corrected chi connectivity index (χ1v) is 7.82. The predicted molar refractivity (Wildman–Crippen MR) is 78.9 cm³/mol. The number of nitrogens with zero attached hydrogens (tertiary/aromatic N) is 4. The largest absolute Gasteiger partial charge is 0.480 e. The Balaban J connectivity index is 1.52. The van der Waals surface area contributed by atoms with E-state index < -0.39 is 5.97 Å². The van der Waals surface area contributed by atoms with E-state index in [9.17, 15) is 9.90 Å². The molecule has 2 aliphatic rings. The van der Waals surface area contributed by atoms with E-state index in [2.05, 4.69) is 21.1 Å². The lowest BCUT2D eigenvalue weighted by Crippen LogP contribution is -2.48. The second-order valence-electron chi connectivity index (χ2n) is 6.26. The summed E-state index contributed by atoms with van der Waals surface area (Å²) >= 11 is 0. The Morgan fingerprint density at radius 3 is 2.71 bits per heavy atom. The van der Waals surface area contributed by atoms with Crippen LogP contribution in [0.15, 0.2) is 12.4 Å². The highest BCUT2D eigenvalue weighted by molar-refractivity contribution is 5.73. The number of carboxylic acid groups (broad SMARTS) is 1. The first-order chi connectivity index (χ1) is 10.1. The van der Waals surface area contributed by atoms with Crippen molar-refractivity contribution in [2.45, 2.75) is 44.3 Å². The molecule has 2 saturated heterocycles. The van der Waals surface area contributed by atoms with Crippen molar-refractivity contribution >= 4 is 5.97 Å². The normalized spacial score (nSPS) is 25.5. The second kappa shape index (κ2) is 6.15. The predicted octanol–water partition coefficient (Wildman–Crippen LogP) is 0.933. The molecule has 3 rings (SSSR count). The maximum Gasteiger partial charge on any atom is 0.320 e. The van der Waals surface area contributed by atoms with Crippen LogP contribution < -0.4 is 0 Å². The SMILES string of the molecule is Cn1cc(CN2CCC(N3CCCC3C(=O)O)CC2)cn1. The molecule has 3 heterocycles. The van der Waals surface area contributed by atoms with Gasteiger partial charge in [0.1, 0.15) is 6.04 Å². The summed E-state index contributed by atoms with van der Waals surface area (Å²) in [6.45, 7) is 3.98. The number of likely N-dealkylation sites (tertiary alicyclic amines) is 2. The van der Waals surface area contributed by atoms with Crippen LogP contribution in [0.4, 0.5) is 0 Å². The van der Waals surface area contributed by atoms with Crippen LogP contribution in [0.5, 0.6) is 0 Å². The van der Waals surface area contributed by atoms with Gasteiger partial charge in [0.25, 0.3) is 0 Å². The Bertz CT molecular complexity index is 494. The minimum atomic E-state index is -0.648. The molecule has 1 unspecified atom stereocenters. The molecule has 0 saturated carbocycles. The number of hydrogen-bond donors (Lipinski definition) is 1. The van der Waals surface area contributed by atoms with E-state index in [1.807, 2.05) is 17.9 Å². The Morgan fingerprint density at radius 2 is 2.10 bits per heavy atom. The molecule has 0 radical (unpaired) electrons. The molecule has 0 aliphatic carbocycles. The summed E-state index contributed by atoms with van der Waals surface area (Å²) < 4.78 is 1.84. The molecule has 2 aliphatic heterocycles. The number of piperidine rings is 1. The summed E-state index contributed by atoms with van der Waals surface area (Å²) in [6.07, 6.45) is 7.96. The Hall–Kier alpha value is -1.40. The van der Waals surface area contributed by atoms with Crippen molar-refractivity contribution in [1.82, 2.24) is 19.6 Å². The molecule has 0 aromatic carbocycles. The molecule has 0 spiro atoms. The van der Waals surface area contributed by atoms with Crippen LogP contribution in [0.3, 0.4) is 0 Å². The van der Waals surface area contributed by atoms with Gasteiger partial charge in [-0.25, -0.2) is 0 Å². The van der Waals surface area contributed by atoms with E-state index in [1.54, 1.807) is 0 Å². The van der Waals surface area contributed by atoms with Crippen LogP contribution >= 0.6 is 0 Å². The van der Waals surface area contributed by atoms with Gasteiger partial charge in [0.05, 0.1) is 6.20 Å². The number of aromatic nitrogens is 2. The van der Waals surface area contributed by atoms with E-state index in [4.69, 9.17) is 0 Å². The smallest absolute Gasteiger partial charge is 0.320 e. The van der Waals surface area contributed by atoms with Crippen molar-refractivity contribution in [2.24, 2.45) is 7.05 Å². The molecule has 6 nitrogen and oxygen atoms in total. The van der Waals surface area contributed by atoms with Crippen LogP contribution in [-0.2, 0) is 18.4 Å². The molecule has 0 bridgehead atoms. The summed E-state index contributed by atoms with van der Waals surface area (Å²) in [7, 11) is 1.94. The highest BCUT2D eigenvalue weighted by Crippen LogP contribution is 2.26. The van der Waals surface area contributed by atoms with Gasteiger partial charge in [-0.1, -0.05) is 0 Å². The monoisotopic (exact) mass is 292 g/mol. The minimum Gasteiger partial charge on any atom is -0.480 e. The van der Waals surface area contributed by atoms with Crippen LogP contribution in [0.25, 0.3) is 0 Å². The third kappa shape index (κ3) is 3.27. The van der Waals surface area contributed by atoms with Gasteiger partial charge in [-0.3, -0.25) is 19.3 Å². The van der Waals surface area contributed by atoms with Crippen LogP contribution in [0, 0.1) is 0 Å². The maximum atomic E-state index is 11.3. The molecular formula is C15H24N4O2. The third-order valence-corrected chi connectivity index (χ3v) is 4.77. The molecule has 1 aromatic rings. The van der Waals surface area contributed by atoms with Crippen molar-refractivity contribution in [1.29, 1.82) is 0 Å². The Kier molecular flexibility index (Phi) is 4.26. The molecule has 6 heteroatoms. The van der Waals surface area contributed by atoms with Gasteiger partial charge in [0.2, 0.25) is 0 Å². The lowest BCUT2D eigenvalue weighted by atomic mass is 10.0. The summed E-state index contributed by atoms with van der Waals surface area (Å²) in [5, 5.41) is 13.5. The average Bonchev–Trinajstić information content (AvgIpc) is 3.09. The zero-order valence-electron chi connectivity index (χ0n) is 12.6. The van der Waals surface area contributed by atoms with E-state index in [-0.39, 0.29) is 6.04 Å². The van der Waals surface area contributed by atoms with Gasteiger partial charge < -0.3 is 5.11 Å². The molecular weight excluding hydrogens is 268 g/mol. The van der Waals surface area contributed by atoms with Crippen molar-refractivity contribution in [3.63, 3.8) is 0 Å². The minimum absolute atomic E-state index is 0.250. The van der Waals surface area contributed by atoms with Crippen LogP contribution in [0.2, 0.25) is 0 Å². The first-order valence-electron chi connectivity index (χ1n) is 7.82. The van der Waals surface area contributed by atoms with Gasteiger partial charge in [-0.05, 0) is 45.3 Å². The van der Waals surface area contributed by atoms with Crippen LogP contribution in [-0.4, -0.2) is 62.4 Å². The zero-order chi connectivity index (χ0) is 14.8. The van der Waals surface area contributed by atoms with Crippen molar-refractivity contribution in [3.05, 3.63) is 18.0 Å². The number of carbonyl (C=O) groups is 1. The highest BCUT2D eigenvalue weighted by Gasteiger charge is 2.36. The second-order valence-corrected chi connectivity index (χ2v) is 6.26. The molecule has 1 aromatic heterocycles. The molecule has 2 fully saturated rings. The lowest BCUT2D eigenvalue weighted by molar-refractivity contribution is -0.143. The summed E-state index contributed by atoms with van der Waals surface area (Å²) in [4.78, 5) is 16.0. The quantitative estimate of drug-likeness (QED) is 0.894. The molecule has 116 valence electrons. The van der Waals surface area contributed by atoms with Gasteiger partial charge in [-0.2, -0.15) is 5.10 Å². The number of aryl methyl sites for hydroxylation is 1. The van der Waals surface area contributed by atoms with Crippen molar-refractivity contribution < 1.29 is 9.90 Å². The zero-order valence-corrected chi connectivity index (χ0v) is 12.6. The Labute approximate surface area is 125 Å². The van der Waals surface area contributed by atoms with Gasteiger partial charge >= 0.3 is 5.97 Å². The fraction of sp³-hybridized carbons (Fsp3) is 0.733. The topological polar surface area (TPSA) is 61.6 Å². The van der Waals surface area contributed by atoms with Gasteiger partial charge in [-0.15, -0.1) is 0 Å². The summed E-state index contributed by atoms with van der Waals surface area (Å²) in [5.74, 6) is -0.648. The Morgan fingerprint density at radius 1 is 1.33 bits per heavy atom. The standard InChI is InChI=1S/C15H24N4O2/c1-17-10-12(9-16-17)11-18-7-4-13(5-8-18)19-6-2-3-14(19)15(20)21/h9-10,13-14H,2-8,11H2,1H3,(H,20,21). The number of hydrogen-bond acceptors (Lipinski definition) is 4. The summed E-state index contributed by atoms with van der Waals surface area (Å²) in [6, 6.07) is 0.193. The first kappa shape index (κ1) is 14.5. The van der Waals surface area contributed by atoms with Crippen LogP contribution in [0.1, 0.15) is 31.2 Å². The molecule has 1 atom stereocenters. The van der Waals surface area contributed by atoms with E-state index in [1.165, 1.54) is 5.56 Å². The maximum absolute atomic E-state index is 11.3. The highest BCUT2D eigenvalue weighted by atomic mass is 16.4. The van der Waals surface area contributed by atoms with Gasteiger partial charge in [0, 0.05) is 31.4 Å². The number of rotatable bonds is 4. The van der Waals surface area contributed by atoms with E-state index in [0.717, 1.165) is 51.9 Å². The molecule has 1 N–H and O–H groups in total. The fourth-order valence-electron chi connectivity index (χ4n) is 3.71. The average molecular weight is 292 g/mol. The fourth-order valence-corrected chi connectivity index (χ4v) is 3.71. The molecule has 21 heavy (non-hydrogen) atoms.